The van der Waals surface area contributed by atoms with Gasteiger partial charge in [0.2, 0.25) is 0 Å². The Balaban J connectivity index is 2.42. The topological polar surface area (TPSA) is 41.1 Å². The highest BCUT2D eigenvalue weighted by Gasteiger charge is 2.19. The van der Waals surface area contributed by atoms with Gasteiger partial charge >= 0.3 is 0 Å². The van der Waals surface area contributed by atoms with Crippen LogP contribution >= 0.6 is 0 Å². The molecule has 0 aliphatic rings. The number of nitrogens with zero attached hydrogens (tertiary/aromatic N) is 3. The zero-order valence-corrected chi connectivity index (χ0v) is 10.9. The van der Waals surface area contributed by atoms with E-state index in [4.69, 9.17) is 0 Å². The van der Waals surface area contributed by atoms with E-state index >= 15 is 0 Å². The molecule has 0 fully saturated rings. The molecule has 0 aliphatic heterocycles. The lowest BCUT2D eigenvalue weighted by Crippen LogP contribution is -2.46. The van der Waals surface area contributed by atoms with Crippen LogP contribution in [0.1, 0.15) is 25.4 Å². The summed E-state index contributed by atoms with van der Waals surface area (Å²) in [6, 6.07) is 1.95. The van der Waals surface area contributed by atoms with E-state index in [0.29, 0.717) is 0 Å². The quantitative estimate of drug-likeness (QED) is 0.813. The van der Waals surface area contributed by atoms with Gasteiger partial charge in [-0.1, -0.05) is 0 Å². The van der Waals surface area contributed by atoms with Gasteiger partial charge in [-0.2, -0.15) is 0 Å². The van der Waals surface area contributed by atoms with E-state index in [1.165, 1.54) is 0 Å². The van der Waals surface area contributed by atoms with Gasteiger partial charge in [0.15, 0.2) is 0 Å². The average molecular weight is 222 g/mol. The van der Waals surface area contributed by atoms with Crippen molar-refractivity contribution < 1.29 is 0 Å². The average Bonchev–Trinajstić information content (AvgIpc) is 2.17. The summed E-state index contributed by atoms with van der Waals surface area (Å²) in [7, 11) is 4.19. The summed E-state index contributed by atoms with van der Waals surface area (Å²) in [5, 5.41) is 3.42. The molecule has 0 saturated carbocycles. The van der Waals surface area contributed by atoms with E-state index in [0.717, 1.165) is 24.6 Å². The van der Waals surface area contributed by atoms with E-state index in [-0.39, 0.29) is 5.54 Å². The Morgan fingerprint density at radius 3 is 2.62 bits per heavy atom. The van der Waals surface area contributed by atoms with E-state index in [9.17, 15) is 0 Å². The van der Waals surface area contributed by atoms with Gasteiger partial charge < -0.3 is 10.2 Å². The summed E-state index contributed by atoms with van der Waals surface area (Å²) in [5.74, 6) is 0.825. The predicted octanol–water partition coefficient (Wildman–Crippen LogP) is 1.21. The summed E-state index contributed by atoms with van der Waals surface area (Å²) in [4.78, 5) is 10.6. The number of rotatable bonds is 5. The maximum atomic E-state index is 4.35. The third-order valence-electron chi connectivity index (χ3n) is 2.91. The molecular weight excluding hydrogens is 200 g/mol. The predicted molar refractivity (Wildman–Crippen MR) is 66.2 cm³/mol. The number of aromatic nitrogens is 2. The second-order valence-corrected chi connectivity index (χ2v) is 4.91. The molecule has 1 aromatic heterocycles. The van der Waals surface area contributed by atoms with Gasteiger partial charge in [0.25, 0.3) is 0 Å². The Kier molecular flexibility index (Phi) is 4.38. The van der Waals surface area contributed by atoms with Crippen molar-refractivity contribution in [3.63, 3.8) is 0 Å². The number of likely N-dealkylation sites (N-methyl/N-ethyl adjacent to an activating group) is 1. The van der Waals surface area contributed by atoms with Crippen LogP contribution in [0.25, 0.3) is 0 Å². The first-order valence-electron chi connectivity index (χ1n) is 5.58. The third kappa shape index (κ3) is 3.87. The minimum Gasteiger partial charge on any atom is -0.309 e. The molecule has 0 unspecified atom stereocenters. The Hall–Kier alpha value is -1.00. The van der Waals surface area contributed by atoms with Crippen molar-refractivity contribution in [3.8, 4) is 0 Å². The highest BCUT2D eigenvalue weighted by molar-refractivity contribution is 5.01. The maximum absolute atomic E-state index is 4.35. The lowest BCUT2D eigenvalue weighted by Gasteiger charge is -2.32. The van der Waals surface area contributed by atoms with Gasteiger partial charge in [0.1, 0.15) is 5.82 Å². The van der Waals surface area contributed by atoms with Crippen LogP contribution in [-0.4, -0.2) is 41.0 Å². The standard InChI is InChI=1S/C12H22N4/c1-10-14-7-6-11(15-10)8-13-9-12(2,3)16(4)5/h6-7,13H,8-9H2,1-5H3. The van der Waals surface area contributed by atoms with E-state index in [1.54, 1.807) is 6.20 Å². The van der Waals surface area contributed by atoms with Gasteiger partial charge in [-0.15, -0.1) is 0 Å². The molecule has 1 aromatic rings. The van der Waals surface area contributed by atoms with Gasteiger partial charge in [-0.05, 0) is 40.9 Å². The fraction of sp³-hybridized carbons (Fsp3) is 0.667. The lowest BCUT2D eigenvalue weighted by atomic mass is 10.0. The van der Waals surface area contributed by atoms with Crippen LogP contribution in [0.4, 0.5) is 0 Å². The molecule has 0 atom stereocenters. The highest BCUT2D eigenvalue weighted by Crippen LogP contribution is 2.08. The summed E-state index contributed by atoms with van der Waals surface area (Å²) in [6.45, 7) is 8.06. The van der Waals surface area contributed by atoms with Crippen molar-refractivity contribution in [2.24, 2.45) is 0 Å². The number of aryl methyl sites for hydroxylation is 1. The molecule has 0 aliphatic carbocycles. The molecule has 0 radical (unpaired) electrons. The Labute approximate surface area is 98.1 Å². The molecule has 4 heteroatoms. The van der Waals surface area contributed by atoms with Crippen LogP contribution in [0.2, 0.25) is 0 Å². The molecule has 0 amide bonds. The van der Waals surface area contributed by atoms with Crippen molar-refractivity contribution in [2.75, 3.05) is 20.6 Å². The van der Waals surface area contributed by atoms with Crippen LogP contribution in [0.3, 0.4) is 0 Å². The van der Waals surface area contributed by atoms with Crippen molar-refractivity contribution >= 4 is 0 Å². The number of nitrogens with one attached hydrogen (secondary N) is 1. The van der Waals surface area contributed by atoms with E-state index < -0.39 is 0 Å². The first kappa shape index (κ1) is 13.1. The molecule has 0 spiro atoms. The second kappa shape index (κ2) is 5.37. The van der Waals surface area contributed by atoms with Crippen LogP contribution in [0, 0.1) is 6.92 Å². The summed E-state index contributed by atoms with van der Waals surface area (Å²) in [6.07, 6.45) is 1.80. The van der Waals surface area contributed by atoms with Crippen LogP contribution in [0.5, 0.6) is 0 Å². The molecule has 1 heterocycles. The highest BCUT2D eigenvalue weighted by atomic mass is 15.2. The van der Waals surface area contributed by atoms with Crippen molar-refractivity contribution in [1.29, 1.82) is 0 Å². The maximum Gasteiger partial charge on any atom is 0.125 e. The minimum atomic E-state index is 0.155. The van der Waals surface area contributed by atoms with Crippen molar-refractivity contribution in [2.45, 2.75) is 32.9 Å². The zero-order valence-electron chi connectivity index (χ0n) is 10.9. The molecule has 4 nitrogen and oxygen atoms in total. The van der Waals surface area contributed by atoms with E-state index in [1.807, 2.05) is 13.0 Å². The molecule has 0 bridgehead atoms. The number of hydrogen-bond donors (Lipinski definition) is 1. The molecule has 16 heavy (non-hydrogen) atoms. The fourth-order valence-corrected chi connectivity index (χ4v) is 1.26. The summed E-state index contributed by atoms with van der Waals surface area (Å²) < 4.78 is 0. The second-order valence-electron chi connectivity index (χ2n) is 4.91. The Bertz CT molecular complexity index is 334. The van der Waals surface area contributed by atoms with Gasteiger partial charge in [-0.25, -0.2) is 9.97 Å². The first-order chi connectivity index (χ1) is 7.42. The van der Waals surface area contributed by atoms with Gasteiger partial charge in [0.05, 0.1) is 5.69 Å². The summed E-state index contributed by atoms with van der Waals surface area (Å²) in [5.41, 5.74) is 1.20. The monoisotopic (exact) mass is 222 g/mol. The molecule has 90 valence electrons. The smallest absolute Gasteiger partial charge is 0.125 e. The minimum absolute atomic E-state index is 0.155. The van der Waals surface area contributed by atoms with Crippen LogP contribution < -0.4 is 5.32 Å². The first-order valence-corrected chi connectivity index (χ1v) is 5.58. The van der Waals surface area contributed by atoms with Gasteiger partial charge in [-0.3, -0.25) is 0 Å². The molecule has 1 N–H and O–H groups in total. The van der Waals surface area contributed by atoms with Crippen molar-refractivity contribution in [3.05, 3.63) is 23.8 Å². The van der Waals surface area contributed by atoms with E-state index in [2.05, 4.69) is 48.1 Å². The lowest BCUT2D eigenvalue weighted by molar-refractivity contribution is 0.189. The fourth-order valence-electron chi connectivity index (χ4n) is 1.26. The summed E-state index contributed by atoms with van der Waals surface area (Å²) >= 11 is 0. The SMILES string of the molecule is Cc1nccc(CNCC(C)(C)N(C)C)n1. The van der Waals surface area contributed by atoms with Crippen LogP contribution in [0.15, 0.2) is 12.3 Å². The van der Waals surface area contributed by atoms with Crippen LogP contribution in [-0.2, 0) is 6.54 Å². The third-order valence-corrected chi connectivity index (χ3v) is 2.91. The molecule has 0 aromatic carbocycles. The zero-order chi connectivity index (χ0) is 12.2. The Morgan fingerprint density at radius 2 is 2.06 bits per heavy atom. The molecular formula is C12H22N4. The Morgan fingerprint density at radius 1 is 1.38 bits per heavy atom. The molecule has 1 rings (SSSR count). The van der Waals surface area contributed by atoms with Gasteiger partial charge in [0, 0.05) is 24.8 Å². The normalized spacial score (nSPS) is 12.1. The van der Waals surface area contributed by atoms with Crippen molar-refractivity contribution in [1.82, 2.24) is 20.2 Å². The number of hydrogen-bond acceptors (Lipinski definition) is 4. The largest absolute Gasteiger partial charge is 0.309 e. The molecule has 0 saturated heterocycles.